The Bertz CT molecular complexity index is 2280. The molecule has 2 heteroatoms. The number of benzene rings is 7. The van der Waals surface area contributed by atoms with E-state index in [9.17, 15) is 0 Å². The fourth-order valence-corrected chi connectivity index (χ4v) is 7.40. The fourth-order valence-electron chi connectivity index (χ4n) is 7.40. The fraction of sp³-hybridized carbons (Fsp3) is 0.0244. The summed E-state index contributed by atoms with van der Waals surface area (Å²) in [5.41, 5.74) is 11.0. The van der Waals surface area contributed by atoms with Crippen LogP contribution in [0, 0.1) is 0 Å². The van der Waals surface area contributed by atoms with Gasteiger partial charge in [-0.1, -0.05) is 140 Å². The van der Waals surface area contributed by atoms with Crippen molar-refractivity contribution in [2.24, 2.45) is 0 Å². The maximum atomic E-state index is 6.52. The summed E-state index contributed by atoms with van der Waals surface area (Å²) in [6, 6.07) is 56.6. The van der Waals surface area contributed by atoms with Gasteiger partial charge in [-0.3, -0.25) is 0 Å². The molecule has 1 aliphatic carbocycles. The summed E-state index contributed by atoms with van der Waals surface area (Å²) < 4.78 is 6.52. The number of para-hydroxylation sites is 2. The van der Waals surface area contributed by atoms with Crippen LogP contribution >= 0.6 is 0 Å². The molecule has 0 radical (unpaired) electrons. The number of furan rings is 1. The molecule has 0 fully saturated rings. The third-order valence-corrected chi connectivity index (χ3v) is 9.13. The van der Waals surface area contributed by atoms with Crippen LogP contribution in [0.4, 0.5) is 11.4 Å². The van der Waals surface area contributed by atoms with Gasteiger partial charge in [-0.05, 0) is 57.0 Å². The lowest BCUT2D eigenvalue weighted by Gasteiger charge is -2.35. The van der Waals surface area contributed by atoms with Gasteiger partial charge in [-0.15, -0.1) is 0 Å². The van der Waals surface area contributed by atoms with Gasteiger partial charge in [-0.25, -0.2) is 0 Å². The molecule has 43 heavy (non-hydrogen) atoms. The molecule has 0 spiro atoms. The number of fused-ring (bicyclic) bond motifs is 8. The van der Waals surface area contributed by atoms with E-state index in [1.165, 1.54) is 33.4 Å². The van der Waals surface area contributed by atoms with E-state index in [-0.39, 0.29) is 0 Å². The van der Waals surface area contributed by atoms with E-state index in [4.69, 9.17) is 4.42 Å². The van der Waals surface area contributed by atoms with E-state index in [1.807, 2.05) is 6.07 Å². The first kappa shape index (κ1) is 24.0. The second-order valence-electron chi connectivity index (χ2n) is 11.3. The first-order valence-corrected chi connectivity index (χ1v) is 14.8. The maximum Gasteiger partial charge on any atom is 0.145 e. The number of nitrogens with one attached hydrogen (secondary N) is 1. The molecule has 0 saturated carbocycles. The van der Waals surface area contributed by atoms with Crippen LogP contribution in [0.15, 0.2) is 162 Å². The predicted octanol–water partition coefficient (Wildman–Crippen LogP) is 10.8. The Labute approximate surface area is 249 Å². The summed E-state index contributed by atoms with van der Waals surface area (Å²) >= 11 is 0. The van der Waals surface area contributed by atoms with Crippen molar-refractivity contribution in [1.29, 1.82) is 0 Å². The Balaban J connectivity index is 1.36. The second-order valence-corrected chi connectivity index (χ2v) is 11.3. The maximum absolute atomic E-state index is 6.52. The van der Waals surface area contributed by atoms with Crippen LogP contribution in [-0.2, 0) is 5.41 Å². The molecule has 0 unspecified atom stereocenters. The van der Waals surface area contributed by atoms with Crippen molar-refractivity contribution in [2.75, 3.05) is 5.32 Å². The monoisotopic (exact) mass is 549 g/mol. The van der Waals surface area contributed by atoms with Crippen molar-refractivity contribution < 1.29 is 4.42 Å². The zero-order valence-corrected chi connectivity index (χ0v) is 23.4. The van der Waals surface area contributed by atoms with Crippen LogP contribution in [0.1, 0.15) is 22.3 Å². The molecule has 0 atom stereocenters. The molecule has 7 aromatic carbocycles. The highest BCUT2D eigenvalue weighted by Gasteiger charge is 2.47. The predicted molar refractivity (Wildman–Crippen MR) is 178 cm³/mol. The van der Waals surface area contributed by atoms with Crippen molar-refractivity contribution >= 4 is 44.1 Å². The van der Waals surface area contributed by atoms with Gasteiger partial charge in [0.25, 0.3) is 0 Å². The standard InChI is InChI=1S/C41H27NO/c1-2-15-28(16-3-1)41(33-21-9-6-18-30(33)31-19-7-10-22-34(31)41)35-23-11-12-24-36(35)42-37-26-27-14-4-5-17-29(27)40-39(37)32-20-8-13-25-38(32)43-40/h1-26,42H. The molecule has 202 valence electrons. The first-order valence-electron chi connectivity index (χ1n) is 14.8. The van der Waals surface area contributed by atoms with E-state index >= 15 is 0 Å². The molecule has 0 bridgehead atoms. The Morgan fingerprint density at radius 3 is 1.81 bits per heavy atom. The number of hydrogen-bond acceptors (Lipinski definition) is 2. The SMILES string of the molecule is c1ccc(C2(c3ccccc3Nc3cc4ccccc4c4oc5ccccc5c34)c3ccccc3-c3ccccc32)cc1. The summed E-state index contributed by atoms with van der Waals surface area (Å²) in [5, 5.41) is 8.43. The highest BCUT2D eigenvalue weighted by Crippen LogP contribution is 2.57. The van der Waals surface area contributed by atoms with Gasteiger partial charge in [0.15, 0.2) is 0 Å². The summed E-state index contributed by atoms with van der Waals surface area (Å²) in [5.74, 6) is 0. The smallest absolute Gasteiger partial charge is 0.145 e. The molecule has 9 rings (SSSR count). The van der Waals surface area contributed by atoms with Gasteiger partial charge >= 0.3 is 0 Å². The summed E-state index contributed by atoms with van der Waals surface area (Å²) in [6.45, 7) is 0. The molecule has 0 aliphatic heterocycles. The quantitative estimate of drug-likeness (QED) is 0.236. The molecule has 2 nitrogen and oxygen atoms in total. The summed E-state index contributed by atoms with van der Waals surface area (Å²) in [4.78, 5) is 0. The minimum atomic E-state index is -0.494. The zero-order valence-electron chi connectivity index (χ0n) is 23.4. The number of rotatable bonds is 4. The van der Waals surface area contributed by atoms with Crippen molar-refractivity contribution in [2.45, 2.75) is 5.41 Å². The minimum absolute atomic E-state index is 0.494. The summed E-state index contributed by atoms with van der Waals surface area (Å²) in [6.07, 6.45) is 0. The molecule has 0 saturated heterocycles. The van der Waals surface area contributed by atoms with Crippen molar-refractivity contribution in [3.63, 3.8) is 0 Å². The second kappa shape index (κ2) is 9.20. The minimum Gasteiger partial charge on any atom is -0.455 e. The molecular weight excluding hydrogens is 522 g/mol. The third-order valence-electron chi connectivity index (χ3n) is 9.13. The van der Waals surface area contributed by atoms with E-state index in [0.717, 1.165) is 44.1 Å². The first-order chi connectivity index (χ1) is 21.3. The molecule has 1 aromatic heterocycles. The molecule has 0 amide bonds. The molecule has 1 N–H and O–H groups in total. The summed E-state index contributed by atoms with van der Waals surface area (Å²) in [7, 11) is 0. The number of anilines is 2. The van der Waals surface area contributed by atoms with Crippen LogP contribution in [0.5, 0.6) is 0 Å². The van der Waals surface area contributed by atoms with Gasteiger partial charge in [0.2, 0.25) is 0 Å². The molecule has 8 aromatic rings. The van der Waals surface area contributed by atoms with Crippen LogP contribution in [0.3, 0.4) is 0 Å². The van der Waals surface area contributed by atoms with E-state index in [2.05, 4.69) is 157 Å². The van der Waals surface area contributed by atoms with Gasteiger partial charge in [0.1, 0.15) is 11.2 Å². The van der Waals surface area contributed by atoms with Gasteiger partial charge in [0, 0.05) is 16.5 Å². The Morgan fingerprint density at radius 2 is 1.05 bits per heavy atom. The van der Waals surface area contributed by atoms with E-state index in [1.54, 1.807) is 0 Å². The highest BCUT2D eigenvalue weighted by molar-refractivity contribution is 6.21. The number of hydrogen-bond donors (Lipinski definition) is 1. The molecule has 1 heterocycles. The average molecular weight is 550 g/mol. The third kappa shape index (κ3) is 3.35. The van der Waals surface area contributed by atoms with E-state index < -0.39 is 5.41 Å². The van der Waals surface area contributed by atoms with Crippen LogP contribution < -0.4 is 5.32 Å². The lowest BCUT2D eigenvalue weighted by atomic mass is 9.67. The van der Waals surface area contributed by atoms with Crippen molar-refractivity contribution in [3.05, 3.63) is 180 Å². The largest absolute Gasteiger partial charge is 0.455 e. The van der Waals surface area contributed by atoms with Crippen molar-refractivity contribution in [1.82, 2.24) is 0 Å². The highest BCUT2D eigenvalue weighted by atomic mass is 16.3. The lowest BCUT2D eigenvalue weighted by molar-refractivity contribution is 0.673. The Hall–Kier alpha value is -5.60. The Kier molecular flexibility index (Phi) is 5.15. The lowest BCUT2D eigenvalue weighted by Crippen LogP contribution is -2.29. The van der Waals surface area contributed by atoms with Crippen LogP contribution in [-0.4, -0.2) is 0 Å². The zero-order chi connectivity index (χ0) is 28.4. The molecular formula is C41H27NO. The van der Waals surface area contributed by atoms with Crippen LogP contribution in [0.2, 0.25) is 0 Å². The average Bonchev–Trinajstić information content (AvgIpc) is 3.61. The van der Waals surface area contributed by atoms with E-state index in [0.29, 0.717) is 0 Å². The van der Waals surface area contributed by atoms with Gasteiger partial charge in [-0.2, -0.15) is 0 Å². The molecule has 1 aliphatic rings. The van der Waals surface area contributed by atoms with Crippen LogP contribution in [0.25, 0.3) is 43.8 Å². The topological polar surface area (TPSA) is 25.2 Å². The van der Waals surface area contributed by atoms with Gasteiger partial charge in [0.05, 0.1) is 16.5 Å². The Morgan fingerprint density at radius 1 is 0.465 bits per heavy atom. The normalized spacial score (nSPS) is 13.3. The van der Waals surface area contributed by atoms with Gasteiger partial charge < -0.3 is 9.73 Å². The van der Waals surface area contributed by atoms with Crippen molar-refractivity contribution in [3.8, 4) is 11.1 Å².